The summed E-state index contributed by atoms with van der Waals surface area (Å²) >= 11 is 6.04. The van der Waals surface area contributed by atoms with Crippen LogP contribution in [0.25, 0.3) is 11.1 Å². The van der Waals surface area contributed by atoms with Crippen molar-refractivity contribution >= 4 is 33.3 Å². The van der Waals surface area contributed by atoms with Gasteiger partial charge >= 0.3 is 0 Å². The van der Waals surface area contributed by atoms with Gasteiger partial charge in [-0.3, -0.25) is 0 Å². The Labute approximate surface area is 138 Å². The van der Waals surface area contributed by atoms with E-state index in [1.54, 1.807) is 18.2 Å². The monoisotopic (exact) mass is 353 g/mol. The van der Waals surface area contributed by atoms with Gasteiger partial charge in [-0.25, -0.2) is 4.39 Å². The SMILES string of the molecule is CCNC1=NS(=O)(=O)c2cccc(-c3cccc(F)c3Cl)c2N1. The number of fused-ring (bicyclic) bond motifs is 1. The van der Waals surface area contributed by atoms with Crippen LogP contribution in [0.4, 0.5) is 10.1 Å². The second-order valence-corrected chi connectivity index (χ2v) is 6.80. The molecule has 0 atom stereocenters. The lowest BCUT2D eigenvalue weighted by Crippen LogP contribution is -2.34. The Bertz CT molecular complexity index is 913. The van der Waals surface area contributed by atoms with E-state index in [1.165, 1.54) is 18.2 Å². The number of guanidine groups is 1. The maximum absolute atomic E-state index is 13.7. The average Bonchev–Trinajstić information content (AvgIpc) is 2.49. The summed E-state index contributed by atoms with van der Waals surface area (Å²) < 4.78 is 42.1. The van der Waals surface area contributed by atoms with Crippen LogP contribution in [0.15, 0.2) is 45.7 Å². The van der Waals surface area contributed by atoms with E-state index in [0.29, 0.717) is 23.4 Å². The van der Waals surface area contributed by atoms with Gasteiger partial charge in [0.25, 0.3) is 10.0 Å². The third-order valence-corrected chi connectivity index (χ3v) is 5.05. The van der Waals surface area contributed by atoms with E-state index in [2.05, 4.69) is 15.0 Å². The molecular weight excluding hydrogens is 341 g/mol. The number of hydrogen-bond donors (Lipinski definition) is 2. The normalized spacial score (nSPS) is 15.3. The number of nitrogens with zero attached hydrogens (tertiary/aromatic N) is 1. The molecule has 2 N–H and O–H groups in total. The van der Waals surface area contributed by atoms with Crippen molar-refractivity contribution in [2.45, 2.75) is 11.8 Å². The van der Waals surface area contributed by atoms with Crippen LogP contribution in [0.3, 0.4) is 0 Å². The molecule has 1 aliphatic heterocycles. The lowest BCUT2D eigenvalue weighted by atomic mass is 10.0. The predicted molar refractivity (Wildman–Crippen MR) is 88.8 cm³/mol. The molecule has 0 fully saturated rings. The lowest BCUT2D eigenvalue weighted by Gasteiger charge is -2.21. The van der Waals surface area contributed by atoms with E-state index >= 15 is 0 Å². The van der Waals surface area contributed by atoms with Crippen LogP contribution < -0.4 is 10.6 Å². The van der Waals surface area contributed by atoms with Gasteiger partial charge in [0.1, 0.15) is 10.7 Å². The van der Waals surface area contributed by atoms with Crippen LogP contribution >= 0.6 is 11.6 Å². The van der Waals surface area contributed by atoms with Crippen molar-refractivity contribution in [1.29, 1.82) is 0 Å². The molecule has 0 aromatic heterocycles. The van der Waals surface area contributed by atoms with Gasteiger partial charge in [-0.1, -0.05) is 35.9 Å². The first-order valence-corrected chi connectivity index (χ1v) is 8.69. The molecule has 23 heavy (non-hydrogen) atoms. The van der Waals surface area contributed by atoms with Crippen LogP contribution in [0.5, 0.6) is 0 Å². The highest BCUT2D eigenvalue weighted by atomic mass is 35.5. The van der Waals surface area contributed by atoms with Crippen molar-refractivity contribution in [2.24, 2.45) is 4.40 Å². The molecule has 0 spiro atoms. The molecule has 5 nitrogen and oxygen atoms in total. The van der Waals surface area contributed by atoms with Crippen LogP contribution in [0, 0.1) is 5.82 Å². The van der Waals surface area contributed by atoms with E-state index in [1.807, 2.05) is 6.92 Å². The first-order valence-electron chi connectivity index (χ1n) is 6.87. The fourth-order valence-electron chi connectivity index (χ4n) is 2.37. The quantitative estimate of drug-likeness (QED) is 0.869. The average molecular weight is 354 g/mol. The zero-order valence-electron chi connectivity index (χ0n) is 12.1. The largest absolute Gasteiger partial charge is 0.355 e. The summed E-state index contributed by atoms with van der Waals surface area (Å²) in [7, 11) is -3.84. The summed E-state index contributed by atoms with van der Waals surface area (Å²) in [6.45, 7) is 2.32. The molecule has 0 saturated heterocycles. The molecule has 0 radical (unpaired) electrons. The number of benzene rings is 2. The Balaban J connectivity index is 2.24. The molecule has 0 aliphatic carbocycles. The van der Waals surface area contributed by atoms with Crippen LogP contribution in [-0.2, 0) is 10.0 Å². The molecule has 120 valence electrons. The number of hydrogen-bond acceptors (Lipinski definition) is 4. The molecule has 2 aromatic rings. The van der Waals surface area contributed by atoms with E-state index < -0.39 is 15.8 Å². The van der Waals surface area contributed by atoms with Crippen molar-refractivity contribution < 1.29 is 12.8 Å². The van der Waals surface area contributed by atoms with Gasteiger partial charge in [-0.15, -0.1) is 4.40 Å². The fourth-order valence-corrected chi connectivity index (χ4v) is 3.71. The maximum Gasteiger partial charge on any atom is 0.287 e. The molecule has 1 heterocycles. The highest BCUT2D eigenvalue weighted by Crippen LogP contribution is 2.39. The molecule has 8 heteroatoms. The summed E-state index contributed by atoms with van der Waals surface area (Å²) in [5.41, 5.74) is 1.22. The van der Waals surface area contributed by atoms with Gasteiger partial charge in [0.15, 0.2) is 0 Å². The topological polar surface area (TPSA) is 70.6 Å². The standard InChI is InChI=1S/C15H13ClFN3O2S/c1-2-18-15-19-14-10(9-5-3-7-11(17)13(9)16)6-4-8-12(14)23(21,22)20-15/h3-8H,2H2,1H3,(H2,18,19,20). The zero-order chi connectivity index (χ0) is 16.6. The van der Waals surface area contributed by atoms with Crippen molar-refractivity contribution in [3.8, 4) is 11.1 Å². The first-order chi connectivity index (χ1) is 10.9. The number of sulfonamides is 1. The van der Waals surface area contributed by atoms with Gasteiger partial charge < -0.3 is 10.6 Å². The molecule has 0 unspecified atom stereocenters. The molecule has 0 saturated carbocycles. The summed E-state index contributed by atoms with van der Waals surface area (Å²) in [4.78, 5) is 0.0250. The third kappa shape index (κ3) is 2.77. The lowest BCUT2D eigenvalue weighted by molar-refractivity contribution is 0.597. The fraction of sp³-hybridized carbons (Fsp3) is 0.133. The first kappa shape index (κ1) is 15.8. The molecule has 1 aliphatic rings. The smallest absolute Gasteiger partial charge is 0.287 e. The second kappa shape index (κ2) is 5.82. The molecule has 2 aromatic carbocycles. The Hall–Kier alpha value is -2.12. The summed E-state index contributed by atoms with van der Waals surface area (Å²) in [6, 6.07) is 9.09. The van der Waals surface area contributed by atoms with Crippen LogP contribution in [0.1, 0.15) is 6.92 Å². The Kier molecular flexibility index (Phi) is 3.99. The Morgan fingerprint density at radius 2 is 1.91 bits per heavy atom. The van der Waals surface area contributed by atoms with E-state index in [-0.39, 0.29) is 15.9 Å². The second-order valence-electron chi connectivity index (χ2n) is 4.85. The number of anilines is 1. The van der Waals surface area contributed by atoms with Gasteiger partial charge in [0, 0.05) is 17.7 Å². The predicted octanol–water partition coefficient (Wildman–Crippen LogP) is 3.23. The summed E-state index contributed by atoms with van der Waals surface area (Å²) in [5, 5.41) is 5.72. The number of halogens is 2. The van der Waals surface area contributed by atoms with Crippen LogP contribution in [0.2, 0.25) is 5.02 Å². The number of rotatable bonds is 2. The Morgan fingerprint density at radius 1 is 1.22 bits per heavy atom. The van der Waals surface area contributed by atoms with Crippen molar-refractivity contribution in [3.63, 3.8) is 0 Å². The zero-order valence-corrected chi connectivity index (χ0v) is 13.7. The van der Waals surface area contributed by atoms with Crippen LogP contribution in [-0.4, -0.2) is 20.9 Å². The van der Waals surface area contributed by atoms with Gasteiger partial charge in [0.05, 0.1) is 10.7 Å². The maximum atomic E-state index is 13.7. The van der Waals surface area contributed by atoms with E-state index in [9.17, 15) is 12.8 Å². The third-order valence-electron chi connectivity index (χ3n) is 3.34. The minimum Gasteiger partial charge on any atom is -0.355 e. The van der Waals surface area contributed by atoms with Crippen molar-refractivity contribution in [3.05, 3.63) is 47.2 Å². The molecule has 3 rings (SSSR count). The minimum atomic E-state index is -3.84. The van der Waals surface area contributed by atoms with E-state index in [0.717, 1.165) is 0 Å². The summed E-state index contributed by atoms with van der Waals surface area (Å²) in [5.74, 6) is -0.444. The number of nitrogens with one attached hydrogen (secondary N) is 2. The highest BCUT2D eigenvalue weighted by molar-refractivity contribution is 7.90. The molecule has 0 amide bonds. The Morgan fingerprint density at radius 3 is 2.65 bits per heavy atom. The minimum absolute atomic E-state index is 0.0250. The van der Waals surface area contributed by atoms with Gasteiger partial charge in [-0.2, -0.15) is 8.42 Å². The van der Waals surface area contributed by atoms with Gasteiger partial charge in [-0.05, 0) is 19.1 Å². The van der Waals surface area contributed by atoms with Crippen molar-refractivity contribution in [1.82, 2.24) is 5.32 Å². The van der Waals surface area contributed by atoms with Gasteiger partial charge in [0.2, 0.25) is 5.96 Å². The molecular formula is C15H13ClFN3O2S. The molecule has 0 bridgehead atoms. The number of para-hydroxylation sites is 1. The van der Waals surface area contributed by atoms with Crippen molar-refractivity contribution in [2.75, 3.05) is 11.9 Å². The van der Waals surface area contributed by atoms with E-state index in [4.69, 9.17) is 11.6 Å². The highest BCUT2D eigenvalue weighted by Gasteiger charge is 2.27. The summed E-state index contributed by atoms with van der Waals surface area (Å²) in [6.07, 6.45) is 0.